The predicted molar refractivity (Wildman–Crippen MR) is 84.2 cm³/mol. The van der Waals surface area contributed by atoms with Crippen LogP contribution in [0.3, 0.4) is 0 Å². The fourth-order valence-corrected chi connectivity index (χ4v) is 2.85. The van der Waals surface area contributed by atoms with E-state index in [9.17, 15) is 14.9 Å². The summed E-state index contributed by atoms with van der Waals surface area (Å²) in [6.45, 7) is 5.76. The summed E-state index contributed by atoms with van der Waals surface area (Å²) in [4.78, 5) is 22.4. The Labute approximate surface area is 131 Å². The first-order valence-electron chi connectivity index (χ1n) is 6.75. The van der Waals surface area contributed by atoms with Gasteiger partial charge in [-0.2, -0.15) is 0 Å². The van der Waals surface area contributed by atoms with Crippen molar-refractivity contribution in [2.24, 2.45) is 5.92 Å². The van der Waals surface area contributed by atoms with Gasteiger partial charge in [0, 0.05) is 23.6 Å². The molecule has 2 aromatic rings. The van der Waals surface area contributed by atoms with Crippen LogP contribution in [0.15, 0.2) is 18.2 Å². The van der Waals surface area contributed by atoms with Crippen molar-refractivity contribution >= 4 is 28.1 Å². The van der Waals surface area contributed by atoms with E-state index in [1.54, 1.807) is 6.92 Å². The van der Waals surface area contributed by atoms with Gasteiger partial charge in [0.05, 0.1) is 4.92 Å². The Bertz CT molecular complexity index is 712. The molecule has 0 saturated heterocycles. The summed E-state index contributed by atoms with van der Waals surface area (Å²) in [5.41, 5.74) is 0.783. The highest BCUT2D eigenvalue weighted by Crippen LogP contribution is 2.21. The van der Waals surface area contributed by atoms with Crippen LogP contribution in [0.2, 0.25) is 0 Å². The number of nitro groups is 1. The number of hydrogen-bond donors (Lipinski definition) is 1. The number of hydrogen-bond acceptors (Lipinski definition) is 6. The van der Waals surface area contributed by atoms with E-state index in [4.69, 9.17) is 0 Å². The summed E-state index contributed by atoms with van der Waals surface area (Å²) >= 11 is 1.33. The van der Waals surface area contributed by atoms with Crippen molar-refractivity contribution in [2.45, 2.75) is 27.2 Å². The molecular weight excluding hydrogens is 304 g/mol. The zero-order chi connectivity index (χ0) is 16.3. The van der Waals surface area contributed by atoms with Crippen LogP contribution in [0.25, 0.3) is 0 Å². The average molecular weight is 320 g/mol. The molecule has 116 valence electrons. The van der Waals surface area contributed by atoms with Crippen LogP contribution in [0, 0.1) is 23.0 Å². The molecule has 0 aliphatic rings. The zero-order valence-corrected chi connectivity index (χ0v) is 13.3. The van der Waals surface area contributed by atoms with E-state index in [2.05, 4.69) is 29.4 Å². The van der Waals surface area contributed by atoms with Gasteiger partial charge in [0.1, 0.15) is 5.01 Å². The van der Waals surface area contributed by atoms with Gasteiger partial charge in [0.15, 0.2) is 0 Å². The minimum absolute atomic E-state index is 0.00770. The molecule has 0 spiro atoms. The molecule has 0 fully saturated rings. The Morgan fingerprint density at radius 1 is 1.41 bits per heavy atom. The summed E-state index contributed by atoms with van der Waals surface area (Å²) in [6.07, 6.45) is 0.810. The Hall–Kier alpha value is -2.35. The molecule has 0 bridgehead atoms. The minimum Gasteiger partial charge on any atom is -0.296 e. The maximum absolute atomic E-state index is 12.1. The van der Waals surface area contributed by atoms with Gasteiger partial charge in [-0.25, -0.2) is 0 Å². The van der Waals surface area contributed by atoms with Gasteiger partial charge in [-0.15, -0.1) is 10.2 Å². The molecule has 1 amide bonds. The van der Waals surface area contributed by atoms with Gasteiger partial charge in [-0.3, -0.25) is 20.2 Å². The van der Waals surface area contributed by atoms with E-state index in [-0.39, 0.29) is 11.6 Å². The molecule has 0 saturated carbocycles. The van der Waals surface area contributed by atoms with E-state index in [1.807, 2.05) is 0 Å². The molecule has 1 aromatic heterocycles. The van der Waals surface area contributed by atoms with E-state index in [0.29, 0.717) is 22.2 Å². The number of aromatic nitrogens is 2. The first-order chi connectivity index (χ1) is 10.4. The van der Waals surface area contributed by atoms with Crippen molar-refractivity contribution in [3.8, 4) is 0 Å². The largest absolute Gasteiger partial charge is 0.296 e. The molecule has 1 heterocycles. The lowest BCUT2D eigenvalue weighted by molar-refractivity contribution is -0.385. The number of aryl methyl sites for hydroxylation is 1. The number of nitrogens with zero attached hydrogens (tertiary/aromatic N) is 3. The standard InChI is InChI=1S/C14H16N4O3S/c1-8(2)6-12-16-17-14(22-12)15-13(19)10-4-5-11(18(20)21)9(3)7-10/h4-5,7-8H,6H2,1-3H3,(H,15,17,19). The van der Waals surface area contributed by atoms with E-state index in [0.717, 1.165) is 11.4 Å². The third-order valence-corrected chi connectivity index (χ3v) is 3.79. The monoisotopic (exact) mass is 320 g/mol. The number of nitro benzene ring substituents is 1. The highest BCUT2D eigenvalue weighted by Gasteiger charge is 2.15. The number of carbonyl (C=O) groups excluding carboxylic acids is 1. The highest BCUT2D eigenvalue weighted by molar-refractivity contribution is 7.15. The van der Waals surface area contributed by atoms with Crippen molar-refractivity contribution in [1.29, 1.82) is 0 Å². The molecular formula is C14H16N4O3S. The number of nitrogens with one attached hydrogen (secondary N) is 1. The Morgan fingerprint density at radius 3 is 2.73 bits per heavy atom. The molecule has 22 heavy (non-hydrogen) atoms. The number of benzene rings is 1. The molecule has 7 nitrogen and oxygen atoms in total. The van der Waals surface area contributed by atoms with Gasteiger partial charge in [0.25, 0.3) is 11.6 Å². The third kappa shape index (κ3) is 3.85. The van der Waals surface area contributed by atoms with Gasteiger partial charge in [-0.1, -0.05) is 25.2 Å². The second-order valence-electron chi connectivity index (χ2n) is 5.31. The fourth-order valence-electron chi connectivity index (χ4n) is 1.91. The van der Waals surface area contributed by atoms with E-state index in [1.165, 1.54) is 29.5 Å². The fraction of sp³-hybridized carbons (Fsp3) is 0.357. The molecule has 0 aliphatic heterocycles. The third-order valence-electron chi connectivity index (χ3n) is 2.93. The molecule has 0 radical (unpaired) electrons. The molecule has 2 rings (SSSR count). The predicted octanol–water partition coefficient (Wildman–Crippen LogP) is 3.21. The summed E-state index contributed by atoms with van der Waals surface area (Å²) in [5.74, 6) is 0.110. The molecule has 0 atom stereocenters. The summed E-state index contributed by atoms with van der Waals surface area (Å²) < 4.78 is 0. The average Bonchev–Trinajstić information content (AvgIpc) is 2.84. The van der Waals surface area contributed by atoms with Crippen LogP contribution in [0.1, 0.15) is 34.8 Å². The van der Waals surface area contributed by atoms with Crippen molar-refractivity contribution in [3.05, 3.63) is 44.4 Å². The van der Waals surface area contributed by atoms with Crippen LogP contribution in [0.4, 0.5) is 10.8 Å². The molecule has 0 unspecified atom stereocenters. The second-order valence-corrected chi connectivity index (χ2v) is 6.37. The zero-order valence-electron chi connectivity index (χ0n) is 12.5. The molecule has 0 aliphatic carbocycles. The molecule has 1 aromatic carbocycles. The molecule has 1 N–H and O–H groups in total. The second kappa shape index (κ2) is 6.61. The number of amides is 1. The summed E-state index contributed by atoms with van der Waals surface area (Å²) in [7, 11) is 0. The first kappa shape index (κ1) is 16.0. The van der Waals surface area contributed by atoms with Crippen LogP contribution in [-0.2, 0) is 6.42 Å². The lowest BCUT2D eigenvalue weighted by Gasteiger charge is -2.03. The smallest absolute Gasteiger partial charge is 0.272 e. The van der Waals surface area contributed by atoms with Gasteiger partial charge in [-0.05, 0) is 25.0 Å². The van der Waals surface area contributed by atoms with E-state index < -0.39 is 4.92 Å². The Morgan fingerprint density at radius 2 is 2.14 bits per heavy atom. The van der Waals surface area contributed by atoms with Crippen molar-refractivity contribution in [2.75, 3.05) is 5.32 Å². The normalized spacial score (nSPS) is 10.7. The maximum Gasteiger partial charge on any atom is 0.272 e. The van der Waals surface area contributed by atoms with Crippen molar-refractivity contribution in [3.63, 3.8) is 0 Å². The SMILES string of the molecule is Cc1cc(C(=O)Nc2nnc(CC(C)C)s2)ccc1[N+](=O)[O-]. The van der Waals surface area contributed by atoms with Crippen LogP contribution >= 0.6 is 11.3 Å². The van der Waals surface area contributed by atoms with Crippen LogP contribution in [-0.4, -0.2) is 21.0 Å². The van der Waals surface area contributed by atoms with Gasteiger partial charge >= 0.3 is 0 Å². The topological polar surface area (TPSA) is 98.0 Å². The Balaban J connectivity index is 2.10. The number of carbonyl (C=O) groups is 1. The van der Waals surface area contributed by atoms with Crippen LogP contribution in [0.5, 0.6) is 0 Å². The Kier molecular flexibility index (Phi) is 4.81. The number of anilines is 1. The first-order valence-corrected chi connectivity index (χ1v) is 7.57. The number of rotatable bonds is 5. The quantitative estimate of drug-likeness (QED) is 0.674. The molecule has 8 heteroatoms. The van der Waals surface area contributed by atoms with E-state index >= 15 is 0 Å². The summed E-state index contributed by atoms with van der Waals surface area (Å²) in [5, 5.41) is 22.7. The lowest BCUT2D eigenvalue weighted by Crippen LogP contribution is -2.12. The lowest BCUT2D eigenvalue weighted by atomic mass is 10.1. The minimum atomic E-state index is -0.472. The highest BCUT2D eigenvalue weighted by atomic mass is 32.1. The maximum atomic E-state index is 12.1. The van der Waals surface area contributed by atoms with Gasteiger partial charge in [0.2, 0.25) is 5.13 Å². The van der Waals surface area contributed by atoms with Gasteiger partial charge < -0.3 is 0 Å². The summed E-state index contributed by atoms with van der Waals surface area (Å²) in [6, 6.07) is 4.24. The van der Waals surface area contributed by atoms with Crippen molar-refractivity contribution < 1.29 is 9.72 Å². The van der Waals surface area contributed by atoms with Crippen molar-refractivity contribution in [1.82, 2.24) is 10.2 Å². The van der Waals surface area contributed by atoms with Crippen LogP contribution < -0.4 is 5.32 Å².